The van der Waals surface area contributed by atoms with E-state index in [1.807, 2.05) is 12.1 Å². The zero-order valence-corrected chi connectivity index (χ0v) is 15.7. The number of phenols is 1. The molecule has 140 valence electrons. The zero-order valence-electron chi connectivity index (χ0n) is 14.2. The average Bonchev–Trinajstić information content (AvgIpc) is 2.67. The van der Waals surface area contributed by atoms with Crippen LogP contribution in [-0.4, -0.2) is 38.3 Å². The number of hydrogen-bond donors (Lipinski definition) is 4. The molecule has 0 spiro atoms. The molecule has 4 N–H and O–H groups in total. The summed E-state index contributed by atoms with van der Waals surface area (Å²) >= 11 is 12.0. The Morgan fingerprint density at radius 1 is 1.07 bits per heavy atom. The van der Waals surface area contributed by atoms with E-state index in [0.29, 0.717) is 36.1 Å². The van der Waals surface area contributed by atoms with Crippen molar-refractivity contribution in [3.05, 3.63) is 52.8 Å². The van der Waals surface area contributed by atoms with Crippen LogP contribution in [0.25, 0.3) is 11.3 Å². The van der Waals surface area contributed by atoms with Gasteiger partial charge in [0.2, 0.25) is 5.95 Å². The van der Waals surface area contributed by atoms with Gasteiger partial charge in [-0.3, -0.25) is 4.98 Å². The number of rotatable bonds is 7. The third kappa shape index (κ3) is 4.97. The highest BCUT2D eigenvalue weighted by atomic mass is 35.5. The lowest BCUT2D eigenvalue weighted by atomic mass is 10.2. The van der Waals surface area contributed by atoms with Gasteiger partial charge in [0.15, 0.2) is 5.75 Å². The molecule has 27 heavy (non-hydrogen) atoms. The van der Waals surface area contributed by atoms with Crippen molar-refractivity contribution in [2.24, 2.45) is 0 Å². The van der Waals surface area contributed by atoms with E-state index >= 15 is 0 Å². The summed E-state index contributed by atoms with van der Waals surface area (Å²) in [6, 6.07) is 8.58. The molecule has 0 amide bonds. The Bertz CT molecular complexity index is 902. The van der Waals surface area contributed by atoms with Crippen molar-refractivity contribution in [2.75, 3.05) is 23.8 Å². The lowest BCUT2D eigenvalue weighted by molar-refractivity contribution is 0.292. The Kier molecular flexibility index (Phi) is 6.28. The quantitative estimate of drug-likeness (QED) is 0.346. The first-order chi connectivity index (χ1) is 13.1. The van der Waals surface area contributed by atoms with Gasteiger partial charge in [0.1, 0.15) is 5.82 Å². The van der Waals surface area contributed by atoms with Gasteiger partial charge in [-0.2, -0.15) is 4.98 Å². The molecule has 0 saturated carbocycles. The molecule has 1 aromatic carbocycles. The number of aliphatic hydroxyl groups is 1. The SMILES string of the molecule is OCCCNc1nc(Nc2cc(Cl)c(O)c(Cl)c2)cc(-c2cccnc2)n1. The zero-order chi connectivity index (χ0) is 19.2. The molecular formula is C18H17Cl2N5O2. The van der Waals surface area contributed by atoms with Crippen molar-refractivity contribution in [1.82, 2.24) is 15.0 Å². The number of hydrogen-bond acceptors (Lipinski definition) is 7. The van der Waals surface area contributed by atoms with Gasteiger partial charge in [-0.25, -0.2) is 4.98 Å². The Hall–Kier alpha value is -2.61. The van der Waals surface area contributed by atoms with E-state index < -0.39 is 0 Å². The highest BCUT2D eigenvalue weighted by Crippen LogP contribution is 2.35. The van der Waals surface area contributed by atoms with Crippen LogP contribution < -0.4 is 10.6 Å². The summed E-state index contributed by atoms with van der Waals surface area (Å²) in [6.07, 6.45) is 3.97. The summed E-state index contributed by atoms with van der Waals surface area (Å²) in [5, 5.41) is 25.1. The van der Waals surface area contributed by atoms with Crippen molar-refractivity contribution in [3.63, 3.8) is 0 Å². The number of aliphatic hydroxyl groups excluding tert-OH is 1. The average molecular weight is 406 g/mol. The van der Waals surface area contributed by atoms with E-state index in [4.69, 9.17) is 28.3 Å². The Morgan fingerprint density at radius 3 is 2.52 bits per heavy atom. The standard InChI is InChI=1S/C18H17Cl2N5O2/c19-13-7-12(8-14(20)17(13)27)23-16-9-15(11-3-1-4-21-10-11)24-18(25-16)22-5-2-6-26/h1,3-4,7-10,26-27H,2,5-6H2,(H2,22,23,24,25). The number of anilines is 3. The second-order valence-corrected chi connectivity index (χ2v) is 6.44. The van der Waals surface area contributed by atoms with Crippen LogP contribution in [0.2, 0.25) is 10.0 Å². The van der Waals surface area contributed by atoms with Crippen LogP contribution in [0.3, 0.4) is 0 Å². The van der Waals surface area contributed by atoms with Crippen LogP contribution >= 0.6 is 23.2 Å². The van der Waals surface area contributed by atoms with Crippen LogP contribution in [0.15, 0.2) is 42.7 Å². The highest BCUT2D eigenvalue weighted by Gasteiger charge is 2.10. The molecule has 9 heteroatoms. The predicted octanol–water partition coefficient (Wildman–Crippen LogP) is 4.09. The van der Waals surface area contributed by atoms with E-state index in [-0.39, 0.29) is 22.4 Å². The number of nitrogens with one attached hydrogen (secondary N) is 2. The lowest BCUT2D eigenvalue weighted by Crippen LogP contribution is -2.08. The second kappa shape index (κ2) is 8.85. The maximum absolute atomic E-state index is 9.70. The topological polar surface area (TPSA) is 103 Å². The molecular weight excluding hydrogens is 389 g/mol. The van der Waals surface area contributed by atoms with Gasteiger partial charge in [-0.15, -0.1) is 0 Å². The molecule has 0 saturated heterocycles. The fourth-order valence-electron chi connectivity index (χ4n) is 2.32. The summed E-state index contributed by atoms with van der Waals surface area (Å²) in [6.45, 7) is 0.605. The number of benzene rings is 1. The first-order valence-corrected chi connectivity index (χ1v) is 8.91. The van der Waals surface area contributed by atoms with Crippen molar-refractivity contribution < 1.29 is 10.2 Å². The third-order valence-electron chi connectivity index (χ3n) is 3.59. The normalized spacial score (nSPS) is 10.6. The van der Waals surface area contributed by atoms with Crippen LogP contribution in [0.5, 0.6) is 5.75 Å². The third-order valence-corrected chi connectivity index (χ3v) is 4.17. The van der Waals surface area contributed by atoms with Gasteiger partial charge >= 0.3 is 0 Å². The van der Waals surface area contributed by atoms with Crippen LogP contribution in [0.4, 0.5) is 17.5 Å². The number of nitrogens with zero attached hydrogens (tertiary/aromatic N) is 3. The highest BCUT2D eigenvalue weighted by molar-refractivity contribution is 6.37. The fourth-order valence-corrected chi connectivity index (χ4v) is 2.80. The largest absolute Gasteiger partial charge is 0.505 e. The minimum absolute atomic E-state index is 0.0743. The predicted molar refractivity (Wildman–Crippen MR) is 107 cm³/mol. The number of pyridine rings is 1. The summed E-state index contributed by atoms with van der Waals surface area (Å²) in [7, 11) is 0. The van der Waals surface area contributed by atoms with Crippen molar-refractivity contribution in [2.45, 2.75) is 6.42 Å². The molecule has 7 nitrogen and oxygen atoms in total. The van der Waals surface area contributed by atoms with E-state index in [9.17, 15) is 5.11 Å². The molecule has 0 fully saturated rings. The Morgan fingerprint density at radius 2 is 1.85 bits per heavy atom. The molecule has 0 bridgehead atoms. The molecule has 0 aliphatic carbocycles. The first kappa shape index (κ1) is 19.2. The summed E-state index contributed by atoms with van der Waals surface area (Å²) in [5.74, 6) is 0.741. The number of phenolic OH excluding ortho intramolecular Hbond substituents is 1. The molecule has 0 unspecified atom stereocenters. The number of halogens is 2. The van der Waals surface area contributed by atoms with E-state index in [0.717, 1.165) is 5.56 Å². The van der Waals surface area contributed by atoms with Gasteiger partial charge in [-0.05, 0) is 30.7 Å². The van der Waals surface area contributed by atoms with Crippen LogP contribution in [0, 0.1) is 0 Å². The van der Waals surface area contributed by atoms with Gasteiger partial charge in [-0.1, -0.05) is 23.2 Å². The maximum Gasteiger partial charge on any atom is 0.225 e. The molecule has 3 aromatic rings. The van der Waals surface area contributed by atoms with Crippen molar-refractivity contribution in [1.29, 1.82) is 0 Å². The fraction of sp³-hybridized carbons (Fsp3) is 0.167. The molecule has 2 heterocycles. The minimum Gasteiger partial charge on any atom is -0.505 e. The number of aromatic hydroxyl groups is 1. The van der Waals surface area contributed by atoms with Crippen molar-refractivity contribution >= 4 is 40.7 Å². The summed E-state index contributed by atoms with van der Waals surface area (Å²) in [4.78, 5) is 13.0. The van der Waals surface area contributed by atoms with Crippen molar-refractivity contribution in [3.8, 4) is 17.0 Å². The van der Waals surface area contributed by atoms with Gasteiger partial charge < -0.3 is 20.8 Å². The van der Waals surface area contributed by atoms with Gasteiger partial charge in [0, 0.05) is 42.9 Å². The van der Waals surface area contributed by atoms with Crippen LogP contribution in [0.1, 0.15) is 6.42 Å². The maximum atomic E-state index is 9.70. The Balaban J connectivity index is 1.94. The first-order valence-electron chi connectivity index (χ1n) is 8.16. The van der Waals surface area contributed by atoms with E-state index in [1.165, 1.54) is 0 Å². The van der Waals surface area contributed by atoms with Gasteiger partial charge in [0.05, 0.1) is 15.7 Å². The molecule has 3 rings (SSSR count). The van der Waals surface area contributed by atoms with Gasteiger partial charge in [0.25, 0.3) is 0 Å². The molecule has 0 radical (unpaired) electrons. The molecule has 0 aliphatic rings. The molecule has 2 aromatic heterocycles. The Labute approximate surface area is 166 Å². The monoisotopic (exact) mass is 405 g/mol. The minimum atomic E-state index is -0.172. The summed E-state index contributed by atoms with van der Waals surface area (Å²) < 4.78 is 0. The summed E-state index contributed by atoms with van der Waals surface area (Å²) in [5.41, 5.74) is 2.07. The number of aromatic nitrogens is 3. The smallest absolute Gasteiger partial charge is 0.225 e. The lowest BCUT2D eigenvalue weighted by Gasteiger charge is -2.12. The van der Waals surface area contributed by atoms with E-state index in [1.54, 1.807) is 30.6 Å². The second-order valence-electron chi connectivity index (χ2n) is 5.62. The molecule has 0 atom stereocenters. The molecule has 0 aliphatic heterocycles. The van der Waals surface area contributed by atoms with Crippen LogP contribution in [-0.2, 0) is 0 Å². The van der Waals surface area contributed by atoms with E-state index in [2.05, 4.69) is 25.6 Å².